The molecule has 0 saturated heterocycles. The Bertz CT molecular complexity index is 937. The number of amides is 3. The molecule has 5 N–H and O–H groups in total. The fourth-order valence-corrected chi connectivity index (χ4v) is 3.18. The Hall–Kier alpha value is -2.99. The highest BCUT2D eigenvalue weighted by Gasteiger charge is 2.17. The van der Waals surface area contributed by atoms with Crippen molar-refractivity contribution in [3.63, 3.8) is 0 Å². The van der Waals surface area contributed by atoms with Gasteiger partial charge in [0.1, 0.15) is 0 Å². The highest BCUT2D eigenvalue weighted by Crippen LogP contribution is 2.20. The van der Waals surface area contributed by atoms with Crippen molar-refractivity contribution in [3.05, 3.63) is 70.9 Å². The Morgan fingerprint density at radius 1 is 1.11 bits per heavy atom. The molecule has 0 bridgehead atoms. The molecule has 2 aromatic carbocycles. The monoisotopic (exact) mass is 384 g/mol. The number of halogens is 1. The van der Waals surface area contributed by atoms with Crippen molar-refractivity contribution >= 4 is 34.4 Å². The summed E-state index contributed by atoms with van der Waals surface area (Å²) in [7, 11) is 0. The molecule has 3 amide bonds. The number of hydrogen-bond acceptors (Lipinski definition) is 2. The van der Waals surface area contributed by atoms with Crippen LogP contribution in [0.25, 0.3) is 10.9 Å². The van der Waals surface area contributed by atoms with Gasteiger partial charge in [-0.15, -0.1) is 0 Å². The van der Waals surface area contributed by atoms with E-state index in [4.69, 9.17) is 17.3 Å². The Morgan fingerprint density at radius 2 is 1.85 bits per heavy atom. The van der Waals surface area contributed by atoms with E-state index in [2.05, 4.69) is 21.7 Å². The molecule has 0 aliphatic rings. The smallest absolute Gasteiger partial charge is 0.312 e. The molecule has 6 nitrogen and oxygen atoms in total. The summed E-state index contributed by atoms with van der Waals surface area (Å²) >= 11 is 5.89. The van der Waals surface area contributed by atoms with E-state index in [9.17, 15) is 9.59 Å². The van der Waals surface area contributed by atoms with Gasteiger partial charge in [0, 0.05) is 28.7 Å². The van der Waals surface area contributed by atoms with Crippen LogP contribution in [0.1, 0.15) is 23.6 Å². The van der Waals surface area contributed by atoms with E-state index in [0.29, 0.717) is 18.0 Å². The minimum Gasteiger partial charge on any atom is -0.361 e. The van der Waals surface area contributed by atoms with Gasteiger partial charge in [-0.2, -0.15) is 0 Å². The Kier molecular flexibility index (Phi) is 5.98. The molecular weight excluding hydrogens is 364 g/mol. The Balaban J connectivity index is 1.57. The molecule has 0 saturated carbocycles. The van der Waals surface area contributed by atoms with Crippen LogP contribution in [-0.4, -0.2) is 23.5 Å². The van der Waals surface area contributed by atoms with Crippen LogP contribution >= 0.6 is 11.6 Å². The molecule has 1 heterocycles. The number of fused-ring (bicyclic) bond motifs is 1. The van der Waals surface area contributed by atoms with E-state index in [0.717, 1.165) is 22.0 Å². The van der Waals surface area contributed by atoms with Gasteiger partial charge in [-0.1, -0.05) is 41.9 Å². The van der Waals surface area contributed by atoms with Crippen LogP contribution in [0.15, 0.2) is 54.7 Å². The van der Waals surface area contributed by atoms with Crippen LogP contribution in [0.4, 0.5) is 4.79 Å². The second-order valence-corrected chi connectivity index (χ2v) is 6.71. The highest BCUT2D eigenvalue weighted by molar-refractivity contribution is 6.30. The van der Waals surface area contributed by atoms with Gasteiger partial charge in [-0.05, 0) is 35.7 Å². The maximum absolute atomic E-state index is 12.3. The fourth-order valence-electron chi connectivity index (χ4n) is 3.05. The Labute approximate surface area is 162 Å². The highest BCUT2D eigenvalue weighted by atomic mass is 35.5. The number of nitrogens with two attached hydrogens (primary N) is 1. The lowest BCUT2D eigenvalue weighted by Gasteiger charge is -2.18. The molecule has 3 rings (SSSR count). The predicted molar refractivity (Wildman–Crippen MR) is 107 cm³/mol. The predicted octanol–water partition coefficient (Wildman–Crippen LogP) is 3.28. The molecule has 7 heteroatoms. The number of carbonyl (C=O) groups excluding carboxylic acids is 2. The molecule has 27 heavy (non-hydrogen) atoms. The third-order valence-electron chi connectivity index (χ3n) is 4.37. The fraction of sp³-hybridized carbons (Fsp3) is 0.200. The quantitative estimate of drug-likeness (QED) is 0.502. The summed E-state index contributed by atoms with van der Waals surface area (Å²) in [5.41, 5.74) is 8.24. The van der Waals surface area contributed by atoms with Gasteiger partial charge >= 0.3 is 6.03 Å². The van der Waals surface area contributed by atoms with E-state index in [1.807, 2.05) is 24.4 Å². The number of benzene rings is 2. The molecule has 0 unspecified atom stereocenters. The van der Waals surface area contributed by atoms with Gasteiger partial charge in [0.05, 0.1) is 12.5 Å². The largest absolute Gasteiger partial charge is 0.361 e. The first kappa shape index (κ1) is 18.8. The minimum absolute atomic E-state index is 0.0957. The summed E-state index contributed by atoms with van der Waals surface area (Å²) in [4.78, 5) is 26.8. The third-order valence-corrected chi connectivity index (χ3v) is 4.62. The van der Waals surface area contributed by atoms with Crippen LogP contribution in [0, 0.1) is 0 Å². The van der Waals surface area contributed by atoms with Crippen molar-refractivity contribution in [1.82, 2.24) is 15.6 Å². The van der Waals surface area contributed by atoms with Gasteiger partial charge in [0.15, 0.2) is 0 Å². The first-order chi connectivity index (χ1) is 13.0. The average Bonchev–Trinajstić information content (AvgIpc) is 3.05. The number of primary amides is 1. The van der Waals surface area contributed by atoms with E-state index < -0.39 is 12.1 Å². The van der Waals surface area contributed by atoms with Crippen LogP contribution < -0.4 is 16.4 Å². The SMILES string of the molecule is NC(=O)N[C@@H](CC(=O)NCCc1c[nH]c2ccccc12)c1ccc(Cl)cc1. The number of H-pyrrole nitrogens is 1. The number of carbonyl (C=O) groups is 2. The number of aromatic amines is 1. The summed E-state index contributed by atoms with van der Waals surface area (Å²) in [6.07, 6.45) is 2.77. The zero-order valence-electron chi connectivity index (χ0n) is 14.7. The maximum atomic E-state index is 12.3. The molecule has 0 aliphatic carbocycles. The molecule has 0 fully saturated rings. The van der Waals surface area contributed by atoms with Crippen molar-refractivity contribution in [2.45, 2.75) is 18.9 Å². The summed E-state index contributed by atoms with van der Waals surface area (Å²) in [5.74, 6) is -0.163. The molecule has 0 aliphatic heterocycles. The van der Waals surface area contributed by atoms with Gasteiger partial charge in [0.2, 0.25) is 5.91 Å². The molecule has 3 aromatic rings. The van der Waals surface area contributed by atoms with Crippen molar-refractivity contribution in [1.29, 1.82) is 0 Å². The zero-order chi connectivity index (χ0) is 19.2. The zero-order valence-corrected chi connectivity index (χ0v) is 15.4. The standard InChI is InChI=1S/C20H21ClN4O2/c21-15-7-5-13(6-8-15)18(25-20(22)27)11-19(26)23-10-9-14-12-24-17-4-2-1-3-16(14)17/h1-8,12,18,24H,9-11H2,(H,23,26)(H3,22,25,27)/t18-/m0/s1. The third kappa shape index (κ3) is 5.01. The molecule has 0 spiro atoms. The number of urea groups is 1. The van der Waals surface area contributed by atoms with E-state index in [1.165, 1.54) is 0 Å². The number of para-hydroxylation sites is 1. The molecule has 1 aromatic heterocycles. The normalized spacial score (nSPS) is 11.9. The van der Waals surface area contributed by atoms with Crippen molar-refractivity contribution in [3.8, 4) is 0 Å². The molecule has 0 radical (unpaired) electrons. The first-order valence-corrected chi connectivity index (χ1v) is 9.04. The van der Waals surface area contributed by atoms with E-state index >= 15 is 0 Å². The van der Waals surface area contributed by atoms with Crippen LogP contribution in [0.3, 0.4) is 0 Å². The maximum Gasteiger partial charge on any atom is 0.312 e. The van der Waals surface area contributed by atoms with Crippen LogP contribution in [0.5, 0.6) is 0 Å². The Morgan fingerprint density at radius 3 is 2.59 bits per heavy atom. The number of nitrogens with one attached hydrogen (secondary N) is 3. The summed E-state index contributed by atoms with van der Waals surface area (Å²) in [5, 5.41) is 7.24. The summed E-state index contributed by atoms with van der Waals surface area (Å²) < 4.78 is 0. The lowest BCUT2D eigenvalue weighted by atomic mass is 10.0. The lowest BCUT2D eigenvalue weighted by molar-refractivity contribution is -0.121. The van der Waals surface area contributed by atoms with Crippen molar-refractivity contribution in [2.75, 3.05) is 6.54 Å². The van der Waals surface area contributed by atoms with Gasteiger partial charge < -0.3 is 21.4 Å². The number of aromatic nitrogens is 1. The van der Waals surface area contributed by atoms with Gasteiger partial charge in [-0.3, -0.25) is 4.79 Å². The topological polar surface area (TPSA) is 100 Å². The molecule has 140 valence electrons. The van der Waals surface area contributed by atoms with Gasteiger partial charge in [0.25, 0.3) is 0 Å². The second kappa shape index (κ2) is 8.60. The van der Waals surface area contributed by atoms with Crippen LogP contribution in [-0.2, 0) is 11.2 Å². The van der Waals surface area contributed by atoms with Crippen LogP contribution in [0.2, 0.25) is 5.02 Å². The molecule has 1 atom stereocenters. The second-order valence-electron chi connectivity index (χ2n) is 6.28. The van der Waals surface area contributed by atoms with Crippen molar-refractivity contribution < 1.29 is 9.59 Å². The van der Waals surface area contributed by atoms with Crippen molar-refractivity contribution in [2.24, 2.45) is 5.73 Å². The average molecular weight is 385 g/mol. The van der Waals surface area contributed by atoms with E-state index in [-0.39, 0.29) is 12.3 Å². The first-order valence-electron chi connectivity index (χ1n) is 8.66. The molecular formula is C20H21ClN4O2. The number of rotatable bonds is 7. The van der Waals surface area contributed by atoms with E-state index in [1.54, 1.807) is 24.3 Å². The lowest BCUT2D eigenvalue weighted by Crippen LogP contribution is -2.37. The number of hydrogen-bond donors (Lipinski definition) is 4. The van der Waals surface area contributed by atoms with Gasteiger partial charge in [-0.25, -0.2) is 4.79 Å². The minimum atomic E-state index is -0.679. The summed E-state index contributed by atoms with van der Waals surface area (Å²) in [6.45, 7) is 0.505. The summed E-state index contributed by atoms with van der Waals surface area (Å²) in [6, 6.07) is 13.8.